The minimum atomic E-state index is -2.17. The van der Waals surface area contributed by atoms with Crippen molar-refractivity contribution >= 4 is 50.4 Å². The number of fused-ring (bicyclic) bond motifs is 4. The molecule has 0 heterocycles. The maximum atomic E-state index is 7.17. The number of hydrogen-bond donors (Lipinski definition) is 3. The van der Waals surface area contributed by atoms with Crippen molar-refractivity contribution in [3.05, 3.63) is 133 Å². The van der Waals surface area contributed by atoms with Crippen molar-refractivity contribution < 1.29 is 15.1 Å². The van der Waals surface area contributed by atoms with Gasteiger partial charge in [0.1, 0.15) is 0 Å². The van der Waals surface area contributed by atoms with Crippen molar-refractivity contribution in [2.24, 2.45) is 0 Å². The Labute approximate surface area is 221 Å². The van der Waals surface area contributed by atoms with Crippen LogP contribution in [0.15, 0.2) is 133 Å². The fourth-order valence-corrected chi connectivity index (χ4v) is 5.60. The van der Waals surface area contributed by atoms with Crippen LogP contribution in [0.3, 0.4) is 0 Å². The molecule has 0 fully saturated rings. The summed E-state index contributed by atoms with van der Waals surface area (Å²) >= 11 is 0. The first kappa shape index (κ1) is 23.9. The molecule has 3 N–H and O–H groups in total. The van der Waals surface area contributed by atoms with Gasteiger partial charge in [0.15, 0.2) is 0 Å². The van der Waals surface area contributed by atoms with Crippen molar-refractivity contribution in [2.45, 2.75) is 0 Å². The molecule has 0 aliphatic rings. The molecule has 7 aromatic carbocycles. The van der Waals surface area contributed by atoms with Gasteiger partial charge < -0.3 is 15.1 Å². The van der Waals surface area contributed by atoms with Crippen molar-refractivity contribution in [2.75, 3.05) is 0 Å². The maximum Gasteiger partial charge on any atom is 0.631 e. The second-order valence-corrected chi connectivity index (χ2v) is 9.24. The molecule has 7 rings (SSSR count). The summed E-state index contributed by atoms with van der Waals surface area (Å²) in [6.45, 7) is 0. The number of rotatable bonds is 2. The van der Waals surface area contributed by atoms with Crippen LogP contribution in [0.1, 0.15) is 0 Å². The molecule has 0 unspecified atom stereocenters. The van der Waals surface area contributed by atoms with Gasteiger partial charge in [-0.15, -0.1) is 0 Å². The van der Waals surface area contributed by atoms with Gasteiger partial charge >= 0.3 is 7.32 Å². The van der Waals surface area contributed by atoms with Gasteiger partial charge in [0.05, 0.1) is 0 Å². The van der Waals surface area contributed by atoms with Crippen LogP contribution in [-0.4, -0.2) is 22.4 Å². The molecule has 3 nitrogen and oxygen atoms in total. The quantitative estimate of drug-likeness (QED) is 0.172. The van der Waals surface area contributed by atoms with Gasteiger partial charge in [-0.05, 0) is 65.3 Å². The zero-order valence-electron chi connectivity index (χ0n) is 20.6. The van der Waals surface area contributed by atoms with Gasteiger partial charge in [-0.2, -0.15) is 0 Å². The summed E-state index contributed by atoms with van der Waals surface area (Å²) in [7, 11) is -2.17. The Morgan fingerprint density at radius 2 is 0.579 bits per heavy atom. The lowest BCUT2D eigenvalue weighted by Crippen LogP contribution is -2.07. The van der Waals surface area contributed by atoms with E-state index in [1.807, 2.05) is 0 Å². The molecule has 7 aromatic rings. The van der Waals surface area contributed by atoms with Gasteiger partial charge in [-0.1, -0.05) is 133 Å². The van der Waals surface area contributed by atoms with Crippen molar-refractivity contribution in [1.82, 2.24) is 0 Å². The Morgan fingerprint density at radius 3 is 0.921 bits per heavy atom. The second kappa shape index (κ2) is 10.1. The summed E-state index contributed by atoms with van der Waals surface area (Å²) < 4.78 is 0. The highest BCUT2D eigenvalue weighted by Crippen LogP contribution is 2.46. The van der Waals surface area contributed by atoms with E-state index in [4.69, 9.17) is 15.1 Å². The second-order valence-electron chi connectivity index (χ2n) is 9.24. The third-order valence-corrected chi connectivity index (χ3v) is 7.05. The molecule has 0 aliphatic carbocycles. The molecule has 0 spiro atoms. The Hall–Kier alpha value is -4.48. The van der Waals surface area contributed by atoms with Gasteiger partial charge in [-0.25, -0.2) is 0 Å². The zero-order chi connectivity index (χ0) is 26.1. The number of hydrogen-bond acceptors (Lipinski definition) is 3. The molecule has 38 heavy (non-hydrogen) atoms. The van der Waals surface area contributed by atoms with Gasteiger partial charge in [-0.3, -0.25) is 0 Å². The molecule has 0 saturated carbocycles. The van der Waals surface area contributed by atoms with Crippen LogP contribution < -0.4 is 0 Å². The Bertz CT molecular complexity index is 1720. The van der Waals surface area contributed by atoms with E-state index in [-0.39, 0.29) is 0 Å². The highest BCUT2D eigenvalue weighted by molar-refractivity contribution is 6.30. The molecular formula is C34H25BO3. The summed E-state index contributed by atoms with van der Waals surface area (Å²) in [5.74, 6) is 0. The highest BCUT2D eigenvalue weighted by atomic mass is 16.5. The molecular weight excluding hydrogens is 467 g/mol. The van der Waals surface area contributed by atoms with E-state index < -0.39 is 7.32 Å². The van der Waals surface area contributed by atoms with E-state index in [1.54, 1.807) is 0 Å². The van der Waals surface area contributed by atoms with E-state index in [1.165, 1.54) is 65.3 Å². The summed E-state index contributed by atoms with van der Waals surface area (Å²) in [6.07, 6.45) is 0. The lowest BCUT2D eigenvalue weighted by Gasteiger charge is -2.19. The highest BCUT2D eigenvalue weighted by Gasteiger charge is 2.18. The molecule has 0 amide bonds. The van der Waals surface area contributed by atoms with Crippen molar-refractivity contribution in [1.29, 1.82) is 0 Å². The molecule has 0 bridgehead atoms. The average Bonchev–Trinajstić information content (AvgIpc) is 2.95. The Kier molecular flexibility index (Phi) is 6.36. The summed E-state index contributed by atoms with van der Waals surface area (Å²) in [5, 5.41) is 31.8. The van der Waals surface area contributed by atoms with Gasteiger partial charge in [0, 0.05) is 0 Å². The van der Waals surface area contributed by atoms with Crippen LogP contribution in [0.4, 0.5) is 0 Å². The lowest BCUT2D eigenvalue weighted by atomic mass is 9.84. The maximum absolute atomic E-state index is 7.17. The predicted octanol–water partition coefficient (Wildman–Crippen LogP) is 7.58. The average molecular weight is 492 g/mol. The Balaban J connectivity index is 0.000000620. The van der Waals surface area contributed by atoms with Gasteiger partial charge in [0.25, 0.3) is 0 Å². The first-order chi connectivity index (χ1) is 18.6. The summed E-state index contributed by atoms with van der Waals surface area (Å²) in [4.78, 5) is 0. The van der Waals surface area contributed by atoms with E-state index in [0.717, 1.165) is 0 Å². The first-order valence-corrected chi connectivity index (χ1v) is 12.6. The van der Waals surface area contributed by atoms with Gasteiger partial charge in [0.2, 0.25) is 0 Å². The van der Waals surface area contributed by atoms with Crippen molar-refractivity contribution in [3.8, 4) is 22.3 Å². The number of benzene rings is 7. The van der Waals surface area contributed by atoms with E-state index in [2.05, 4.69) is 133 Å². The van der Waals surface area contributed by atoms with Crippen LogP contribution in [0.5, 0.6) is 0 Å². The van der Waals surface area contributed by atoms with Crippen LogP contribution in [0.25, 0.3) is 65.3 Å². The topological polar surface area (TPSA) is 60.7 Å². The zero-order valence-corrected chi connectivity index (χ0v) is 20.6. The van der Waals surface area contributed by atoms with Crippen molar-refractivity contribution in [3.63, 3.8) is 0 Å². The predicted molar refractivity (Wildman–Crippen MR) is 160 cm³/mol. The fraction of sp³-hybridized carbons (Fsp3) is 0. The summed E-state index contributed by atoms with van der Waals surface area (Å²) in [6, 6.07) is 48.5. The van der Waals surface area contributed by atoms with Crippen LogP contribution >= 0.6 is 0 Å². The molecule has 0 radical (unpaired) electrons. The van der Waals surface area contributed by atoms with Crippen LogP contribution in [0.2, 0.25) is 0 Å². The molecule has 0 atom stereocenters. The lowest BCUT2D eigenvalue weighted by molar-refractivity contribution is 0.278. The minimum absolute atomic E-state index is 1.27. The molecule has 0 aromatic heterocycles. The van der Waals surface area contributed by atoms with Crippen LogP contribution in [0, 0.1) is 0 Å². The minimum Gasteiger partial charge on any atom is -0.402 e. The van der Waals surface area contributed by atoms with E-state index in [0.29, 0.717) is 0 Å². The van der Waals surface area contributed by atoms with Crippen LogP contribution in [-0.2, 0) is 0 Å². The smallest absolute Gasteiger partial charge is 0.402 e. The normalized spacial score (nSPS) is 11.0. The molecule has 4 heteroatoms. The third-order valence-electron chi connectivity index (χ3n) is 7.05. The Morgan fingerprint density at radius 1 is 0.316 bits per heavy atom. The summed E-state index contributed by atoms with van der Waals surface area (Å²) in [5.41, 5.74) is 5.20. The largest absolute Gasteiger partial charge is 0.631 e. The SMILES string of the molecule is OB(O)O.c1ccc2c(-c3c4ccccc4c(-c4cccc5ccccc45)c4ccccc34)cccc2c1. The third kappa shape index (κ3) is 4.21. The standard InChI is InChI=1S/C34H22.BH3O3/c1-3-15-25-23(11-1)13-9-21-27(25)33-29-17-5-7-19-31(29)34(32-20-8-6-18-30(32)33)28-22-10-14-24-12-2-4-16-26(24)28;2-1(3)4/h1-22H;2-4H. The molecule has 0 aliphatic heterocycles. The van der Waals surface area contributed by atoms with E-state index in [9.17, 15) is 0 Å². The first-order valence-electron chi connectivity index (χ1n) is 12.6. The molecule has 182 valence electrons. The van der Waals surface area contributed by atoms with E-state index >= 15 is 0 Å². The molecule has 0 saturated heterocycles. The monoisotopic (exact) mass is 492 g/mol. The fourth-order valence-electron chi connectivity index (χ4n) is 5.60.